The predicted molar refractivity (Wildman–Crippen MR) is 80.2 cm³/mol. The Morgan fingerprint density at radius 1 is 1.37 bits per heavy atom. The Bertz CT molecular complexity index is 578. The Morgan fingerprint density at radius 2 is 2.11 bits per heavy atom. The zero-order chi connectivity index (χ0) is 14.0. The van der Waals surface area contributed by atoms with Gasteiger partial charge in [-0.25, -0.2) is 0 Å². The summed E-state index contributed by atoms with van der Waals surface area (Å²) < 4.78 is 5.41. The number of rotatable bonds is 3. The summed E-state index contributed by atoms with van der Waals surface area (Å²) in [6.07, 6.45) is 0. The lowest BCUT2D eigenvalue weighted by Crippen LogP contribution is -2.07. The second kappa shape index (κ2) is 5.43. The summed E-state index contributed by atoms with van der Waals surface area (Å²) in [5.74, 6) is 1.87. The lowest BCUT2D eigenvalue weighted by atomic mass is 10.2. The van der Waals surface area contributed by atoms with Gasteiger partial charge in [0.1, 0.15) is 0 Å². The molecule has 1 aromatic carbocycles. The van der Waals surface area contributed by atoms with Crippen molar-refractivity contribution in [2.24, 2.45) is 0 Å². The quantitative estimate of drug-likeness (QED) is 0.867. The lowest BCUT2D eigenvalue weighted by molar-refractivity contribution is 0.425. The van der Waals surface area contributed by atoms with Crippen molar-refractivity contribution in [1.29, 1.82) is 0 Å². The molecule has 1 heterocycles. The zero-order valence-corrected chi connectivity index (χ0v) is 12.7. The maximum Gasteiger partial charge on any atom is 0.258 e. The van der Waals surface area contributed by atoms with E-state index < -0.39 is 0 Å². The minimum Gasteiger partial charge on any atom is -0.398 e. The summed E-state index contributed by atoms with van der Waals surface area (Å²) >= 11 is 7.65. The highest BCUT2D eigenvalue weighted by Crippen LogP contribution is 2.28. The third kappa shape index (κ3) is 3.88. The SMILES string of the molecule is CC(C)(C)SCc1noc(-c2ccc(Cl)c(N)c2)n1. The molecule has 0 amide bonds. The molecule has 0 radical (unpaired) electrons. The van der Waals surface area contributed by atoms with Crippen molar-refractivity contribution in [3.8, 4) is 11.5 Å². The molecule has 0 aliphatic heterocycles. The van der Waals surface area contributed by atoms with Gasteiger partial charge in [-0.15, -0.1) is 11.8 Å². The molecule has 0 saturated carbocycles. The molecule has 1 aromatic heterocycles. The Labute approximate surface area is 121 Å². The third-order valence-corrected chi connectivity index (χ3v) is 3.96. The number of nitrogens with two attached hydrogens (primary N) is 1. The van der Waals surface area contributed by atoms with Gasteiger partial charge in [-0.1, -0.05) is 37.5 Å². The molecule has 2 rings (SSSR count). The van der Waals surface area contributed by atoms with Gasteiger partial charge in [0.2, 0.25) is 0 Å². The van der Waals surface area contributed by atoms with E-state index in [1.165, 1.54) is 0 Å². The molecule has 19 heavy (non-hydrogen) atoms. The number of halogens is 1. The van der Waals surface area contributed by atoms with Crippen molar-refractivity contribution in [2.45, 2.75) is 31.3 Å². The van der Waals surface area contributed by atoms with Crippen LogP contribution in [0.25, 0.3) is 11.5 Å². The van der Waals surface area contributed by atoms with Crippen molar-refractivity contribution >= 4 is 29.1 Å². The molecule has 0 fully saturated rings. The van der Waals surface area contributed by atoms with Crippen molar-refractivity contribution in [2.75, 3.05) is 5.73 Å². The molecule has 0 aliphatic carbocycles. The van der Waals surface area contributed by atoms with E-state index in [-0.39, 0.29) is 4.75 Å². The van der Waals surface area contributed by atoms with Crippen LogP contribution in [0.2, 0.25) is 5.02 Å². The normalized spacial score (nSPS) is 11.8. The Balaban J connectivity index is 2.14. The van der Waals surface area contributed by atoms with Crippen LogP contribution in [-0.4, -0.2) is 14.9 Å². The van der Waals surface area contributed by atoms with Crippen molar-refractivity contribution in [3.05, 3.63) is 29.0 Å². The van der Waals surface area contributed by atoms with Crippen molar-refractivity contribution in [3.63, 3.8) is 0 Å². The van der Waals surface area contributed by atoms with E-state index in [1.54, 1.807) is 23.9 Å². The second-order valence-electron chi connectivity index (χ2n) is 5.15. The van der Waals surface area contributed by atoms with Gasteiger partial charge in [0, 0.05) is 10.3 Å². The van der Waals surface area contributed by atoms with E-state index in [0.29, 0.717) is 22.4 Å². The number of anilines is 1. The molecule has 2 N–H and O–H groups in total. The highest BCUT2D eigenvalue weighted by atomic mass is 35.5. The monoisotopic (exact) mass is 297 g/mol. The molecule has 0 unspecified atom stereocenters. The maximum absolute atomic E-state index is 5.88. The van der Waals surface area contributed by atoms with E-state index in [9.17, 15) is 0 Å². The zero-order valence-electron chi connectivity index (χ0n) is 11.1. The van der Waals surface area contributed by atoms with Gasteiger partial charge < -0.3 is 10.3 Å². The molecule has 6 heteroatoms. The molecule has 0 atom stereocenters. The first-order valence-corrected chi connectivity index (χ1v) is 7.23. The average molecular weight is 298 g/mol. The van der Waals surface area contributed by atoms with Gasteiger partial charge in [0.15, 0.2) is 5.82 Å². The second-order valence-corrected chi connectivity index (χ2v) is 7.36. The molecule has 0 spiro atoms. The highest BCUT2D eigenvalue weighted by Gasteiger charge is 2.15. The Kier molecular flexibility index (Phi) is 4.06. The van der Waals surface area contributed by atoms with E-state index in [4.69, 9.17) is 21.9 Å². The van der Waals surface area contributed by atoms with E-state index in [2.05, 4.69) is 30.9 Å². The number of nitrogens with zero attached hydrogens (tertiary/aromatic N) is 2. The fourth-order valence-electron chi connectivity index (χ4n) is 1.39. The first kappa shape index (κ1) is 14.2. The number of aromatic nitrogens is 2. The van der Waals surface area contributed by atoms with Crippen LogP contribution < -0.4 is 5.73 Å². The fourth-order valence-corrected chi connectivity index (χ4v) is 2.18. The lowest BCUT2D eigenvalue weighted by Gasteiger charge is -2.15. The van der Waals surface area contributed by atoms with Crippen LogP contribution in [0.5, 0.6) is 0 Å². The van der Waals surface area contributed by atoms with Gasteiger partial charge in [-0.3, -0.25) is 0 Å². The predicted octanol–water partition coefficient (Wildman–Crippen LogP) is 4.00. The van der Waals surface area contributed by atoms with Crippen LogP contribution in [0.4, 0.5) is 5.69 Å². The van der Waals surface area contributed by atoms with E-state index in [1.807, 2.05) is 6.07 Å². The van der Waals surface area contributed by atoms with Gasteiger partial charge in [-0.2, -0.15) is 4.98 Å². The molecular formula is C13H16ClN3OS. The van der Waals surface area contributed by atoms with Crippen LogP contribution in [0.3, 0.4) is 0 Å². The van der Waals surface area contributed by atoms with Crippen LogP contribution in [0, 0.1) is 0 Å². The largest absolute Gasteiger partial charge is 0.398 e. The van der Waals surface area contributed by atoms with Crippen molar-refractivity contribution < 1.29 is 4.52 Å². The minimum atomic E-state index is 0.172. The van der Waals surface area contributed by atoms with Crippen molar-refractivity contribution in [1.82, 2.24) is 10.1 Å². The Hall–Kier alpha value is -1.20. The summed E-state index contributed by atoms with van der Waals surface area (Å²) in [5, 5.41) is 4.49. The first-order valence-electron chi connectivity index (χ1n) is 5.87. The smallest absolute Gasteiger partial charge is 0.258 e. The van der Waals surface area contributed by atoms with Crippen LogP contribution in [0.1, 0.15) is 26.6 Å². The van der Waals surface area contributed by atoms with Crippen LogP contribution in [-0.2, 0) is 5.75 Å². The van der Waals surface area contributed by atoms with E-state index >= 15 is 0 Å². The summed E-state index contributed by atoms with van der Waals surface area (Å²) in [6.45, 7) is 6.45. The minimum absolute atomic E-state index is 0.172. The summed E-state index contributed by atoms with van der Waals surface area (Å²) in [5.41, 5.74) is 7.04. The number of hydrogen-bond acceptors (Lipinski definition) is 5. The molecule has 0 bridgehead atoms. The number of nitrogen functional groups attached to an aromatic ring is 1. The van der Waals surface area contributed by atoms with Crippen LogP contribution in [0.15, 0.2) is 22.7 Å². The van der Waals surface area contributed by atoms with Gasteiger partial charge in [0.05, 0.1) is 16.5 Å². The Morgan fingerprint density at radius 3 is 2.74 bits per heavy atom. The molecule has 102 valence electrons. The van der Waals surface area contributed by atoms with Crippen LogP contribution >= 0.6 is 23.4 Å². The van der Waals surface area contributed by atoms with E-state index in [0.717, 1.165) is 11.3 Å². The number of hydrogen-bond donors (Lipinski definition) is 1. The molecule has 2 aromatic rings. The molecule has 4 nitrogen and oxygen atoms in total. The first-order chi connectivity index (χ1) is 8.85. The molecule has 0 saturated heterocycles. The third-order valence-electron chi connectivity index (χ3n) is 2.35. The standard InChI is InChI=1S/C13H16ClN3OS/c1-13(2,3)19-7-11-16-12(18-17-11)8-4-5-9(14)10(15)6-8/h4-6H,7,15H2,1-3H3. The van der Waals surface area contributed by atoms with Gasteiger partial charge in [0.25, 0.3) is 5.89 Å². The number of thioether (sulfide) groups is 1. The number of benzene rings is 1. The highest BCUT2D eigenvalue weighted by molar-refractivity contribution is 7.99. The summed E-state index contributed by atoms with van der Waals surface area (Å²) in [4.78, 5) is 4.36. The van der Waals surface area contributed by atoms with Gasteiger partial charge >= 0.3 is 0 Å². The summed E-state index contributed by atoms with van der Waals surface area (Å²) in [6, 6.07) is 5.27. The summed E-state index contributed by atoms with van der Waals surface area (Å²) in [7, 11) is 0. The van der Waals surface area contributed by atoms with Gasteiger partial charge in [-0.05, 0) is 18.2 Å². The topological polar surface area (TPSA) is 64.9 Å². The molecule has 0 aliphatic rings. The maximum atomic E-state index is 5.88. The molecular weight excluding hydrogens is 282 g/mol. The fraction of sp³-hybridized carbons (Fsp3) is 0.385. The average Bonchev–Trinajstić information content (AvgIpc) is 2.78.